The average Bonchev–Trinajstić information content (AvgIpc) is 3.27. The number of rotatable bonds is 5. The second-order valence-corrected chi connectivity index (χ2v) is 6.16. The van der Waals surface area contributed by atoms with Gasteiger partial charge >= 0.3 is 6.03 Å². The van der Waals surface area contributed by atoms with Crippen molar-refractivity contribution in [3.05, 3.63) is 41.5 Å². The normalized spacial score (nSPS) is 18.8. The largest absolute Gasteiger partial charge is 0.467 e. The number of oxazole rings is 1. The quantitative estimate of drug-likeness (QED) is 0.878. The number of carbonyl (C=O) groups excluding carboxylic acids is 1. The van der Waals surface area contributed by atoms with Gasteiger partial charge in [0.05, 0.1) is 18.5 Å². The summed E-state index contributed by atoms with van der Waals surface area (Å²) in [6.07, 6.45) is 3.12. The smallest absolute Gasteiger partial charge is 0.318 e. The fourth-order valence-corrected chi connectivity index (χ4v) is 3.07. The van der Waals surface area contributed by atoms with E-state index in [0.29, 0.717) is 24.6 Å². The van der Waals surface area contributed by atoms with Gasteiger partial charge in [-0.3, -0.25) is 0 Å². The number of likely N-dealkylation sites (tertiary alicyclic amines) is 1. The summed E-state index contributed by atoms with van der Waals surface area (Å²) in [4.78, 5) is 18.5. The lowest BCUT2D eigenvalue weighted by Gasteiger charge is -2.26. The van der Waals surface area contributed by atoms with E-state index in [1.807, 2.05) is 13.8 Å². The lowest BCUT2D eigenvalue weighted by Crippen LogP contribution is -2.43. The number of nitrogens with zero attached hydrogens (tertiary/aromatic N) is 2. The van der Waals surface area contributed by atoms with Crippen molar-refractivity contribution in [3.8, 4) is 0 Å². The Hall–Kier alpha value is -2.28. The van der Waals surface area contributed by atoms with Crippen LogP contribution in [-0.2, 0) is 6.54 Å². The molecule has 1 aliphatic rings. The summed E-state index contributed by atoms with van der Waals surface area (Å²) < 4.78 is 10.7. The molecule has 0 aliphatic carbocycles. The molecule has 0 bridgehead atoms. The second-order valence-electron chi connectivity index (χ2n) is 6.16. The topological polar surface area (TPSA) is 91.7 Å². The van der Waals surface area contributed by atoms with E-state index in [1.54, 1.807) is 17.0 Å². The van der Waals surface area contributed by atoms with Gasteiger partial charge in [-0.1, -0.05) is 0 Å². The first-order chi connectivity index (χ1) is 11.5. The number of urea groups is 1. The number of furan rings is 1. The highest BCUT2D eigenvalue weighted by atomic mass is 16.4. The summed E-state index contributed by atoms with van der Waals surface area (Å²) in [5.74, 6) is 1.80. The first-order valence-electron chi connectivity index (χ1n) is 8.23. The molecule has 2 unspecified atom stereocenters. The first kappa shape index (κ1) is 16.6. The van der Waals surface area contributed by atoms with Crippen molar-refractivity contribution in [3.63, 3.8) is 0 Å². The van der Waals surface area contributed by atoms with Crippen molar-refractivity contribution in [1.82, 2.24) is 15.2 Å². The van der Waals surface area contributed by atoms with Crippen LogP contribution in [0.4, 0.5) is 4.79 Å². The van der Waals surface area contributed by atoms with Gasteiger partial charge in [0, 0.05) is 19.0 Å². The third-order valence-corrected chi connectivity index (χ3v) is 4.47. The third kappa shape index (κ3) is 3.62. The average molecular weight is 333 g/mol. The van der Waals surface area contributed by atoms with E-state index in [2.05, 4.69) is 10.3 Å². The maximum absolute atomic E-state index is 12.4. The zero-order valence-corrected chi connectivity index (χ0v) is 14.0. The van der Waals surface area contributed by atoms with E-state index in [-0.39, 0.29) is 18.6 Å². The summed E-state index contributed by atoms with van der Waals surface area (Å²) in [6.45, 7) is 4.67. The standard InChI is InChI=1S/C17H23N3O4/c1-11-12(2)24-16(19-11)10-18-17(22)20-7-3-5-13(20)9-14(21)15-6-4-8-23-15/h4,6,8,13-14,21H,3,5,7,9-10H2,1-2H3,(H,18,22). The van der Waals surface area contributed by atoms with Crippen LogP contribution in [0.3, 0.4) is 0 Å². The molecule has 24 heavy (non-hydrogen) atoms. The van der Waals surface area contributed by atoms with Crippen LogP contribution >= 0.6 is 0 Å². The molecule has 1 saturated heterocycles. The van der Waals surface area contributed by atoms with Crippen molar-refractivity contribution < 1.29 is 18.7 Å². The molecule has 2 aromatic rings. The van der Waals surface area contributed by atoms with Gasteiger partial charge < -0.3 is 24.2 Å². The van der Waals surface area contributed by atoms with Crippen molar-refractivity contribution in [2.45, 2.75) is 51.8 Å². The molecule has 1 fully saturated rings. The molecule has 0 spiro atoms. The van der Waals surface area contributed by atoms with Gasteiger partial charge in [0.2, 0.25) is 5.89 Å². The summed E-state index contributed by atoms with van der Waals surface area (Å²) in [6, 6.07) is 3.34. The van der Waals surface area contributed by atoms with Crippen LogP contribution in [0.15, 0.2) is 27.2 Å². The van der Waals surface area contributed by atoms with Crippen LogP contribution in [0.1, 0.15) is 48.5 Å². The number of hydrogen-bond acceptors (Lipinski definition) is 5. The van der Waals surface area contributed by atoms with E-state index in [1.165, 1.54) is 6.26 Å². The Bertz CT molecular complexity index is 661. The zero-order chi connectivity index (χ0) is 17.1. The molecule has 7 heteroatoms. The SMILES string of the molecule is Cc1nc(CNC(=O)N2CCCC2CC(O)c2ccco2)oc1C. The maximum atomic E-state index is 12.4. The molecule has 2 N–H and O–H groups in total. The van der Waals surface area contributed by atoms with Crippen LogP contribution in [0.2, 0.25) is 0 Å². The van der Waals surface area contributed by atoms with Crippen LogP contribution in [0.25, 0.3) is 0 Å². The number of aliphatic hydroxyl groups is 1. The molecule has 130 valence electrons. The number of aromatic nitrogens is 1. The van der Waals surface area contributed by atoms with Gasteiger partial charge in [-0.15, -0.1) is 0 Å². The molecule has 3 rings (SSSR count). The zero-order valence-electron chi connectivity index (χ0n) is 14.0. The van der Waals surface area contributed by atoms with Crippen molar-refractivity contribution in [2.24, 2.45) is 0 Å². The van der Waals surface area contributed by atoms with E-state index >= 15 is 0 Å². The molecule has 0 radical (unpaired) electrons. The third-order valence-electron chi connectivity index (χ3n) is 4.47. The molecule has 2 aromatic heterocycles. The molecular weight excluding hydrogens is 310 g/mol. The van der Waals surface area contributed by atoms with Crippen molar-refractivity contribution >= 4 is 6.03 Å². The predicted octanol–water partition coefficient (Wildman–Crippen LogP) is 2.68. The molecule has 7 nitrogen and oxygen atoms in total. The highest BCUT2D eigenvalue weighted by molar-refractivity contribution is 5.74. The lowest BCUT2D eigenvalue weighted by molar-refractivity contribution is 0.107. The van der Waals surface area contributed by atoms with Crippen LogP contribution in [-0.4, -0.2) is 33.6 Å². The number of amides is 2. The van der Waals surface area contributed by atoms with Crippen molar-refractivity contribution in [1.29, 1.82) is 0 Å². The molecule has 1 aliphatic heterocycles. The number of aliphatic hydroxyl groups excluding tert-OH is 1. The van der Waals surface area contributed by atoms with Gasteiger partial charge in [-0.05, 0) is 38.8 Å². The van der Waals surface area contributed by atoms with E-state index in [0.717, 1.165) is 24.3 Å². The molecule has 0 aromatic carbocycles. The van der Waals surface area contributed by atoms with E-state index in [9.17, 15) is 9.90 Å². The van der Waals surface area contributed by atoms with Gasteiger partial charge in [0.25, 0.3) is 0 Å². The van der Waals surface area contributed by atoms with Crippen molar-refractivity contribution in [2.75, 3.05) is 6.54 Å². The van der Waals surface area contributed by atoms with Gasteiger partial charge in [0.15, 0.2) is 0 Å². The van der Waals surface area contributed by atoms with Gasteiger partial charge in [-0.25, -0.2) is 9.78 Å². The minimum Gasteiger partial charge on any atom is -0.467 e. The molecule has 0 saturated carbocycles. The Labute approximate surface area is 140 Å². The van der Waals surface area contributed by atoms with Crippen LogP contribution < -0.4 is 5.32 Å². The predicted molar refractivity (Wildman–Crippen MR) is 86.2 cm³/mol. The first-order valence-corrected chi connectivity index (χ1v) is 8.23. The monoisotopic (exact) mass is 333 g/mol. The Morgan fingerprint density at radius 3 is 3.04 bits per heavy atom. The summed E-state index contributed by atoms with van der Waals surface area (Å²) in [5, 5.41) is 13.1. The summed E-state index contributed by atoms with van der Waals surface area (Å²) in [7, 11) is 0. The maximum Gasteiger partial charge on any atom is 0.318 e. The number of aryl methyl sites for hydroxylation is 2. The summed E-state index contributed by atoms with van der Waals surface area (Å²) in [5.41, 5.74) is 0.833. The highest BCUT2D eigenvalue weighted by Crippen LogP contribution is 2.27. The Kier molecular flexibility index (Phi) is 4.89. The van der Waals surface area contributed by atoms with Crippen LogP contribution in [0, 0.1) is 13.8 Å². The van der Waals surface area contributed by atoms with E-state index in [4.69, 9.17) is 8.83 Å². The minimum atomic E-state index is -0.699. The molecular formula is C17H23N3O4. The number of hydrogen-bond donors (Lipinski definition) is 2. The van der Waals surface area contributed by atoms with Gasteiger partial charge in [-0.2, -0.15) is 0 Å². The molecule has 2 atom stereocenters. The van der Waals surface area contributed by atoms with E-state index < -0.39 is 6.10 Å². The lowest BCUT2D eigenvalue weighted by atomic mass is 10.1. The second kappa shape index (κ2) is 7.09. The number of carbonyl (C=O) groups is 1. The minimum absolute atomic E-state index is 0.00173. The molecule has 3 heterocycles. The fourth-order valence-electron chi connectivity index (χ4n) is 3.07. The Morgan fingerprint density at radius 1 is 1.54 bits per heavy atom. The highest BCUT2D eigenvalue weighted by Gasteiger charge is 2.31. The fraction of sp³-hybridized carbons (Fsp3) is 0.529. The number of nitrogens with one attached hydrogen (secondary N) is 1. The Balaban J connectivity index is 1.55. The molecule has 2 amide bonds. The van der Waals surface area contributed by atoms with Crippen LogP contribution in [0.5, 0.6) is 0 Å². The van der Waals surface area contributed by atoms with Gasteiger partial charge in [0.1, 0.15) is 17.6 Å². The Morgan fingerprint density at radius 2 is 2.38 bits per heavy atom. The summed E-state index contributed by atoms with van der Waals surface area (Å²) >= 11 is 0.